The van der Waals surface area contributed by atoms with Crippen LogP contribution in [0.25, 0.3) is 6.08 Å². The van der Waals surface area contributed by atoms with E-state index in [0.717, 1.165) is 17.5 Å². The topological polar surface area (TPSA) is 55.8 Å². The van der Waals surface area contributed by atoms with Gasteiger partial charge in [0.05, 0.1) is 0 Å². The second-order valence-corrected chi connectivity index (χ2v) is 11.4. The summed E-state index contributed by atoms with van der Waals surface area (Å²) in [5.74, 6) is 0.688. The number of halogens is 1. The summed E-state index contributed by atoms with van der Waals surface area (Å²) in [6.45, 7) is 4.63. The number of Topliss-reactive ketones (excluding diaryl/α,β-unsaturated/α-hetero) is 1. The number of benzene rings is 2. The van der Waals surface area contributed by atoms with Crippen LogP contribution in [0.3, 0.4) is 0 Å². The van der Waals surface area contributed by atoms with Crippen LogP contribution < -0.4 is 4.74 Å². The summed E-state index contributed by atoms with van der Waals surface area (Å²) in [7, 11) is 0. The molecule has 3 atom stereocenters. The summed E-state index contributed by atoms with van der Waals surface area (Å²) >= 11 is 0. The minimum Gasteiger partial charge on any atom is -0.490 e. The van der Waals surface area contributed by atoms with E-state index < -0.39 is 0 Å². The predicted octanol–water partition coefficient (Wildman–Crippen LogP) is 6.57. The van der Waals surface area contributed by atoms with Crippen LogP contribution in [0.2, 0.25) is 0 Å². The molecular weight excluding hydrogens is 493 g/mol. The minimum atomic E-state index is -0.230. The number of cyclic esters (lactones) is 1. The van der Waals surface area contributed by atoms with Gasteiger partial charge >= 0.3 is 5.97 Å². The number of hydrogen-bond acceptors (Lipinski definition) is 5. The molecule has 0 spiro atoms. The molecule has 3 fully saturated rings. The number of allylic oxidation sites excluding steroid dienone is 1. The average Bonchev–Trinajstić information content (AvgIpc) is 3.62. The van der Waals surface area contributed by atoms with Gasteiger partial charge in [-0.2, -0.15) is 0 Å². The number of ether oxygens (including phenoxy) is 2. The van der Waals surface area contributed by atoms with Crippen LogP contribution in [0.4, 0.5) is 4.39 Å². The van der Waals surface area contributed by atoms with Gasteiger partial charge in [-0.1, -0.05) is 37.1 Å². The number of likely N-dealkylation sites (tertiary alicyclic amines) is 1. The lowest BCUT2D eigenvalue weighted by Crippen LogP contribution is -2.37. The molecule has 2 aromatic rings. The maximum atomic E-state index is 15.2. The lowest BCUT2D eigenvalue weighted by molar-refractivity contribution is -0.142. The second-order valence-electron chi connectivity index (χ2n) is 11.4. The van der Waals surface area contributed by atoms with Crippen molar-refractivity contribution >= 4 is 17.8 Å². The number of rotatable bonds is 10. The molecule has 0 N–H and O–H groups in total. The highest BCUT2D eigenvalue weighted by atomic mass is 19.1. The zero-order chi connectivity index (χ0) is 27.2. The summed E-state index contributed by atoms with van der Waals surface area (Å²) in [6.07, 6.45) is 13.0. The molecule has 5 rings (SSSR count). The Bertz CT molecular complexity index is 1200. The van der Waals surface area contributed by atoms with E-state index in [1.54, 1.807) is 18.2 Å². The van der Waals surface area contributed by atoms with Crippen LogP contribution >= 0.6 is 0 Å². The minimum absolute atomic E-state index is 0.0627. The van der Waals surface area contributed by atoms with Crippen molar-refractivity contribution in [2.45, 2.75) is 83.3 Å². The third-order valence-electron chi connectivity index (χ3n) is 8.48. The van der Waals surface area contributed by atoms with Gasteiger partial charge in [-0.05, 0) is 105 Å². The molecule has 2 aliphatic heterocycles. The van der Waals surface area contributed by atoms with E-state index in [0.29, 0.717) is 48.3 Å². The van der Waals surface area contributed by atoms with Crippen molar-refractivity contribution in [3.63, 3.8) is 0 Å². The van der Waals surface area contributed by atoms with Gasteiger partial charge < -0.3 is 14.4 Å². The van der Waals surface area contributed by atoms with Crippen LogP contribution in [0, 0.1) is 11.7 Å². The SMILES string of the molecule is C/C=C\c1cc(OC[C@@H]2CCC(=O)O2)ccc1C(=O)Cc1ccc(CC2CCC[C@@H](N3CCCC3)C2)c(F)c1. The van der Waals surface area contributed by atoms with Crippen molar-refractivity contribution in [3.05, 3.63) is 70.5 Å². The largest absolute Gasteiger partial charge is 0.490 e. The maximum absolute atomic E-state index is 15.2. The second kappa shape index (κ2) is 12.9. The number of carbonyl (C=O) groups excluding carboxylic acids is 2. The number of hydrogen-bond donors (Lipinski definition) is 0. The van der Waals surface area contributed by atoms with Crippen LogP contribution in [0.1, 0.15) is 85.3 Å². The van der Waals surface area contributed by atoms with E-state index in [1.165, 1.54) is 51.6 Å². The van der Waals surface area contributed by atoms with Crippen LogP contribution in [-0.4, -0.2) is 48.5 Å². The Labute approximate surface area is 231 Å². The Morgan fingerprint density at radius 2 is 1.95 bits per heavy atom. The first-order chi connectivity index (χ1) is 19.0. The first kappa shape index (κ1) is 27.6. The van der Waals surface area contributed by atoms with E-state index in [4.69, 9.17) is 9.47 Å². The Morgan fingerprint density at radius 3 is 2.69 bits per heavy atom. The average molecular weight is 534 g/mol. The number of nitrogens with zero attached hydrogens (tertiary/aromatic N) is 1. The standard InChI is InChI=1S/C33H40FNO4/c1-2-6-25-21-28(38-22-29-12-14-33(37)39-29)11-13-30(25)32(36)20-24-9-10-26(31(34)19-24)17-23-7-5-8-27(18-23)35-15-3-4-16-35/h2,6,9-11,13,19,21,23,27,29H,3-5,7-8,12,14-18,20,22H2,1H3/b6-2-/t23?,27-,29+/m1/s1. The first-order valence-corrected chi connectivity index (χ1v) is 14.6. The highest BCUT2D eigenvalue weighted by Gasteiger charge is 2.29. The van der Waals surface area contributed by atoms with Crippen molar-refractivity contribution in [1.29, 1.82) is 0 Å². The smallest absolute Gasteiger partial charge is 0.306 e. The normalized spacial score (nSPS) is 23.8. The summed E-state index contributed by atoms with van der Waals surface area (Å²) in [5, 5.41) is 0. The third kappa shape index (κ3) is 7.16. The summed E-state index contributed by atoms with van der Waals surface area (Å²) in [4.78, 5) is 27.2. The Balaban J connectivity index is 1.20. The van der Waals surface area contributed by atoms with Gasteiger partial charge in [-0.25, -0.2) is 4.39 Å². The molecule has 3 aliphatic rings. The van der Waals surface area contributed by atoms with Gasteiger partial charge in [0, 0.05) is 24.4 Å². The monoisotopic (exact) mass is 533 g/mol. The molecule has 0 bridgehead atoms. The van der Waals surface area contributed by atoms with E-state index in [-0.39, 0.29) is 30.1 Å². The molecule has 1 aliphatic carbocycles. The highest BCUT2D eigenvalue weighted by molar-refractivity contribution is 6.00. The van der Waals surface area contributed by atoms with E-state index in [2.05, 4.69) is 4.90 Å². The molecule has 208 valence electrons. The van der Waals surface area contributed by atoms with Gasteiger partial charge in [-0.3, -0.25) is 9.59 Å². The first-order valence-electron chi connectivity index (χ1n) is 14.6. The highest BCUT2D eigenvalue weighted by Crippen LogP contribution is 2.32. The molecule has 39 heavy (non-hydrogen) atoms. The molecule has 0 radical (unpaired) electrons. The van der Waals surface area contributed by atoms with Crippen molar-refractivity contribution in [1.82, 2.24) is 4.90 Å². The van der Waals surface area contributed by atoms with Gasteiger partial charge in [0.1, 0.15) is 24.3 Å². The van der Waals surface area contributed by atoms with Crippen molar-refractivity contribution in [2.24, 2.45) is 5.92 Å². The summed E-state index contributed by atoms with van der Waals surface area (Å²) in [5.41, 5.74) is 2.79. The van der Waals surface area contributed by atoms with Crippen LogP contribution in [-0.2, 0) is 22.4 Å². The number of carbonyl (C=O) groups is 2. The Kier molecular flexibility index (Phi) is 9.13. The molecule has 0 aromatic heterocycles. The van der Waals surface area contributed by atoms with Crippen molar-refractivity contribution in [3.8, 4) is 5.75 Å². The van der Waals surface area contributed by atoms with Gasteiger partial charge in [-0.15, -0.1) is 0 Å². The summed E-state index contributed by atoms with van der Waals surface area (Å²) in [6, 6.07) is 11.4. The fraction of sp³-hybridized carbons (Fsp3) is 0.515. The molecule has 1 unspecified atom stereocenters. The number of ketones is 1. The molecule has 0 amide bonds. The van der Waals surface area contributed by atoms with Crippen molar-refractivity contribution < 1.29 is 23.5 Å². The lowest BCUT2D eigenvalue weighted by Gasteiger charge is -2.35. The van der Waals surface area contributed by atoms with Gasteiger partial charge in [0.15, 0.2) is 5.78 Å². The zero-order valence-corrected chi connectivity index (χ0v) is 23.0. The van der Waals surface area contributed by atoms with Crippen LogP contribution in [0.5, 0.6) is 5.75 Å². The maximum Gasteiger partial charge on any atom is 0.306 e. The van der Waals surface area contributed by atoms with Gasteiger partial charge in [0.25, 0.3) is 0 Å². The molecular formula is C33H40FNO4. The Hall–Kier alpha value is -2.99. The van der Waals surface area contributed by atoms with E-state index in [9.17, 15) is 9.59 Å². The zero-order valence-electron chi connectivity index (χ0n) is 23.0. The lowest BCUT2D eigenvalue weighted by atomic mass is 9.81. The quantitative estimate of drug-likeness (QED) is 0.256. The van der Waals surface area contributed by atoms with Crippen molar-refractivity contribution in [2.75, 3.05) is 19.7 Å². The van der Waals surface area contributed by atoms with E-state index >= 15 is 4.39 Å². The van der Waals surface area contributed by atoms with E-state index in [1.807, 2.05) is 37.3 Å². The predicted molar refractivity (Wildman–Crippen MR) is 150 cm³/mol. The fourth-order valence-electron chi connectivity index (χ4n) is 6.44. The number of esters is 1. The molecule has 5 nitrogen and oxygen atoms in total. The molecule has 6 heteroatoms. The molecule has 2 aromatic carbocycles. The molecule has 2 heterocycles. The molecule has 2 saturated heterocycles. The summed E-state index contributed by atoms with van der Waals surface area (Å²) < 4.78 is 26.2. The van der Waals surface area contributed by atoms with Gasteiger partial charge in [0.2, 0.25) is 0 Å². The van der Waals surface area contributed by atoms with Crippen LogP contribution in [0.15, 0.2) is 42.5 Å². The molecule has 1 saturated carbocycles. The third-order valence-corrected chi connectivity index (χ3v) is 8.48. The Morgan fingerprint density at radius 1 is 1.10 bits per heavy atom. The fourth-order valence-corrected chi connectivity index (χ4v) is 6.44.